The van der Waals surface area contributed by atoms with Crippen LogP contribution in [0.15, 0.2) is 125 Å². The number of hydrogen-bond donors (Lipinski definition) is 0. The van der Waals surface area contributed by atoms with E-state index in [1.165, 1.54) is 10.8 Å². The number of nitrogens with zero attached hydrogens (tertiary/aromatic N) is 3. The number of hydrogen-bond acceptors (Lipinski definition) is 3. The molecule has 0 aliphatic carbocycles. The maximum Gasteiger partial charge on any atom is 0.137 e. The van der Waals surface area contributed by atoms with Crippen LogP contribution in [0.25, 0.3) is 38.8 Å². The fourth-order valence-corrected chi connectivity index (χ4v) is 4.94. The van der Waals surface area contributed by atoms with Crippen molar-refractivity contribution in [1.82, 2.24) is 14.5 Å². The van der Waals surface area contributed by atoms with E-state index >= 15 is 0 Å². The van der Waals surface area contributed by atoms with Crippen LogP contribution in [-0.4, -0.2) is 14.5 Å². The van der Waals surface area contributed by atoms with Gasteiger partial charge in [0.1, 0.15) is 10.8 Å². The molecule has 0 aliphatic rings. The molecule has 6 rings (SSSR count). The molecule has 152 valence electrons. The van der Waals surface area contributed by atoms with Crippen LogP contribution in [0.1, 0.15) is 1.37 Å². The van der Waals surface area contributed by atoms with Crippen LogP contribution in [0.5, 0.6) is 0 Å². The highest BCUT2D eigenvalue weighted by Crippen LogP contribution is 2.35. The van der Waals surface area contributed by atoms with Gasteiger partial charge in [-0.15, -0.1) is 0 Å². The summed E-state index contributed by atoms with van der Waals surface area (Å²) in [6.45, 7) is 0. The standard InChI is InChI=1S/C28H19N3S/c1-2-11-25-23(10-1)24-15-14-21(19-26(24)31(25)27-12-3-5-16-29-27)20-8-7-9-22(18-20)32-28-13-4-6-17-30-28/h1-19H/i3D. The molecule has 3 aromatic carbocycles. The van der Waals surface area contributed by atoms with E-state index in [0.29, 0.717) is 6.04 Å². The van der Waals surface area contributed by atoms with Gasteiger partial charge < -0.3 is 0 Å². The summed E-state index contributed by atoms with van der Waals surface area (Å²) in [6, 6.07) is 33.4. The molecule has 0 N–H and O–H groups in total. The van der Waals surface area contributed by atoms with Crippen molar-refractivity contribution in [3.63, 3.8) is 0 Å². The first-order chi connectivity index (χ1) is 16.3. The second kappa shape index (κ2) is 7.98. The van der Waals surface area contributed by atoms with Crippen LogP contribution in [0.4, 0.5) is 0 Å². The SMILES string of the molecule is [2H]c1ccnc(-n2c3ccccc3c3ccc(-c4cccc(Sc5ccccn5)c4)cc32)c1. The van der Waals surface area contributed by atoms with Crippen molar-refractivity contribution in [3.05, 3.63) is 115 Å². The van der Waals surface area contributed by atoms with Gasteiger partial charge >= 0.3 is 0 Å². The Labute approximate surface area is 191 Å². The summed E-state index contributed by atoms with van der Waals surface area (Å²) in [5.74, 6) is 0.755. The van der Waals surface area contributed by atoms with Crippen molar-refractivity contribution < 1.29 is 1.37 Å². The number of para-hydroxylation sites is 1. The molecular formula is C28H19N3S. The lowest BCUT2D eigenvalue weighted by Crippen LogP contribution is -1.96. The van der Waals surface area contributed by atoms with E-state index in [1.54, 1.807) is 24.0 Å². The van der Waals surface area contributed by atoms with E-state index in [4.69, 9.17) is 1.37 Å². The highest BCUT2D eigenvalue weighted by Gasteiger charge is 2.13. The molecule has 0 saturated carbocycles. The van der Waals surface area contributed by atoms with Gasteiger partial charge in [0, 0.05) is 28.1 Å². The topological polar surface area (TPSA) is 30.7 Å². The number of pyridine rings is 2. The van der Waals surface area contributed by atoms with E-state index < -0.39 is 0 Å². The Morgan fingerprint density at radius 2 is 1.50 bits per heavy atom. The summed E-state index contributed by atoms with van der Waals surface area (Å²) in [4.78, 5) is 10.2. The molecule has 0 spiro atoms. The Morgan fingerprint density at radius 3 is 2.41 bits per heavy atom. The van der Waals surface area contributed by atoms with E-state index in [-0.39, 0.29) is 0 Å². The molecule has 0 saturated heterocycles. The molecule has 3 heterocycles. The maximum atomic E-state index is 8.09. The zero-order valence-corrected chi connectivity index (χ0v) is 18.0. The molecule has 3 aromatic heterocycles. The summed E-state index contributed by atoms with van der Waals surface area (Å²) in [6.07, 6.45) is 3.51. The summed E-state index contributed by atoms with van der Waals surface area (Å²) < 4.78 is 10.2. The largest absolute Gasteiger partial charge is 0.294 e. The van der Waals surface area contributed by atoms with Crippen molar-refractivity contribution in [2.24, 2.45) is 0 Å². The summed E-state index contributed by atoms with van der Waals surface area (Å²) >= 11 is 1.66. The summed E-state index contributed by atoms with van der Waals surface area (Å²) in [5.41, 5.74) is 4.45. The molecule has 0 amide bonds. The number of benzene rings is 3. The first kappa shape index (κ1) is 17.8. The maximum absolute atomic E-state index is 8.09. The Balaban J connectivity index is 1.51. The van der Waals surface area contributed by atoms with Gasteiger partial charge in [-0.05, 0) is 59.7 Å². The van der Waals surface area contributed by atoms with Gasteiger partial charge in [-0.1, -0.05) is 66.3 Å². The first-order valence-corrected chi connectivity index (χ1v) is 11.2. The van der Waals surface area contributed by atoms with Gasteiger partial charge in [0.2, 0.25) is 0 Å². The number of rotatable bonds is 4. The zero-order chi connectivity index (χ0) is 22.2. The van der Waals surface area contributed by atoms with Crippen LogP contribution in [0.2, 0.25) is 0 Å². The van der Waals surface area contributed by atoms with Crippen LogP contribution < -0.4 is 0 Å². The van der Waals surface area contributed by atoms with Gasteiger partial charge in [-0.3, -0.25) is 4.57 Å². The van der Waals surface area contributed by atoms with Crippen LogP contribution in [0.3, 0.4) is 0 Å². The van der Waals surface area contributed by atoms with Crippen LogP contribution in [0, 0.1) is 0 Å². The van der Waals surface area contributed by atoms with Crippen molar-refractivity contribution in [1.29, 1.82) is 0 Å². The van der Waals surface area contributed by atoms with Gasteiger partial charge in [0.15, 0.2) is 0 Å². The lowest BCUT2D eigenvalue weighted by Gasteiger charge is -2.09. The van der Waals surface area contributed by atoms with E-state index in [9.17, 15) is 0 Å². The summed E-state index contributed by atoms with van der Waals surface area (Å²) in [5, 5.41) is 3.33. The van der Waals surface area contributed by atoms with E-state index in [1.807, 2.05) is 36.5 Å². The highest BCUT2D eigenvalue weighted by molar-refractivity contribution is 7.99. The Hall–Kier alpha value is -3.89. The van der Waals surface area contributed by atoms with Crippen molar-refractivity contribution in [2.75, 3.05) is 0 Å². The Kier molecular flexibility index (Phi) is 4.43. The zero-order valence-electron chi connectivity index (χ0n) is 18.1. The normalized spacial score (nSPS) is 11.7. The predicted molar refractivity (Wildman–Crippen MR) is 132 cm³/mol. The minimum atomic E-state index is 0.446. The minimum absolute atomic E-state index is 0.446. The molecule has 32 heavy (non-hydrogen) atoms. The molecule has 0 bridgehead atoms. The van der Waals surface area contributed by atoms with Gasteiger partial charge in [-0.2, -0.15) is 0 Å². The smallest absolute Gasteiger partial charge is 0.137 e. The monoisotopic (exact) mass is 430 g/mol. The molecule has 0 aliphatic heterocycles. The molecule has 3 nitrogen and oxygen atoms in total. The highest BCUT2D eigenvalue weighted by atomic mass is 32.2. The Morgan fingerprint density at radius 1 is 0.656 bits per heavy atom. The third-order valence-electron chi connectivity index (χ3n) is 5.52. The first-order valence-electron chi connectivity index (χ1n) is 10.9. The molecule has 4 heteroatoms. The average molecular weight is 431 g/mol. The van der Waals surface area contributed by atoms with Gasteiger partial charge in [0.05, 0.1) is 12.4 Å². The molecule has 0 radical (unpaired) electrons. The molecular weight excluding hydrogens is 410 g/mol. The third kappa shape index (κ3) is 3.35. The van der Waals surface area contributed by atoms with Crippen LogP contribution in [-0.2, 0) is 0 Å². The molecule has 0 atom stereocenters. The van der Waals surface area contributed by atoms with Gasteiger partial charge in [0.25, 0.3) is 0 Å². The fraction of sp³-hybridized carbons (Fsp3) is 0. The second-order valence-electron chi connectivity index (χ2n) is 7.50. The summed E-state index contributed by atoms with van der Waals surface area (Å²) in [7, 11) is 0. The third-order valence-corrected chi connectivity index (χ3v) is 6.46. The average Bonchev–Trinajstić information content (AvgIpc) is 3.18. The number of aromatic nitrogens is 3. The number of fused-ring (bicyclic) bond motifs is 3. The van der Waals surface area contributed by atoms with E-state index in [0.717, 1.165) is 37.9 Å². The van der Waals surface area contributed by atoms with Gasteiger partial charge in [-0.25, -0.2) is 9.97 Å². The van der Waals surface area contributed by atoms with E-state index in [2.05, 4.69) is 75.2 Å². The minimum Gasteiger partial charge on any atom is -0.294 e. The van der Waals surface area contributed by atoms with Crippen molar-refractivity contribution in [3.8, 4) is 16.9 Å². The van der Waals surface area contributed by atoms with Crippen LogP contribution >= 0.6 is 11.8 Å². The predicted octanol–water partition coefficient (Wildman–Crippen LogP) is 7.39. The lowest BCUT2D eigenvalue weighted by atomic mass is 10.0. The molecule has 0 unspecified atom stereocenters. The fourth-order valence-electron chi connectivity index (χ4n) is 4.10. The van der Waals surface area contributed by atoms with Crippen molar-refractivity contribution >= 4 is 33.6 Å². The molecule has 0 fully saturated rings. The van der Waals surface area contributed by atoms with Crippen molar-refractivity contribution in [2.45, 2.75) is 9.92 Å². The quantitative estimate of drug-likeness (QED) is 0.292. The molecule has 6 aromatic rings. The lowest BCUT2D eigenvalue weighted by molar-refractivity contribution is 1.08. The Bertz CT molecular complexity index is 1610. The second-order valence-corrected chi connectivity index (χ2v) is 8.59.